The van der Waals surface area contributed by atoms with E-state index in [4.69, 9.17) is 4.74 Å². The molecule has 1 spiro atoms. The monoisotopic (exact) mass is 357 g/mol. The zero-order chi connectivity index (χ0) is 18.8. The van der Waals surface area contributed by atoms with E-state index in [1.807, 2.05) is 30.9 Å². The van der Waals surface area contributed by atoms with Gasteiger partial charge in [-0.15, -0.1) is 0 Å². The van der Waals surface area contributed by atoms with E-state index in [2.05, 4.69) is 10.3 Å². The summed E-state index contributed by atoms with van der Waals surface area (Å²) >= 11 is 0. The van der Waals surface area contributed by atoms with Crippen LogP contribution in [0.15, 0.2) is 30.6 Å². The first kappa shape index (κ1) is 18.6. The van der Waals surface area contributed by atoms with Crippen LogP contribution >= 0.6 is 0 Å². The minimum Gasteiger partial charge on any atom is -0.369 e. The van der Waals surface area contributed by atoms with Crippen LogP contribution in [0.5, 0.6) is 0 Å². The van der Waals surface area contributed by atoms with Crippen LogP contribution in [0.3, 0.4) is 0 Å². The number of carbonyl (C=O) groups excluding carboxylic acids is 2. The minimum atomic E-state index is -0.410. The molecule has 2 aliphatic heterocycles. The third-order valence-corrected chi connectivity index (χ3v) is 5.34. The van der Waals surface area contributed by atoms with Crippen LogP contribution in [0.2, 0.25) is 0 Å². The average Bonchev–Trinajstić information content (AvgIpc) is 3.14. The zero-order valence-corrected chi connectivity index (χ0v) is 15.7. The number of carbonyl (C=O) groups is 2. The van der Waals surface area contributed by atoms with Crippen molar-refractivity contribution in [3.8, 4) is 0 Å². The van der Waals surface area contributed by atoms with Gasteiger partial charge in [0.2, 0.25) is 11.8 Å². The maximum Gasteiger partial charge on any atom is 0.247 e. The van der Waals surface area contributed by atoms with Crippen molar-refractivity contribution in [3.05, 3.63) is 36.2 Å². The van der Waals surface area contributed by atoms with E-state index in [-0.39, 0.29) is 29.9 Å². The molecule has 2 saturated heterocycles. The van der Waals surface area contributed by atoms with E-state index in [9.17, 15) is 9.59 Å². The van der Waals surface area contributed by atoms with Gasteiger partial charge in [0.15, 0.2) is 0 Å². The average molecular weight is 357 g/mol. The molecule has 2 amide bonds. The van der Waals surface area contributed by atoms with E-state index in [0.717, 1.165) is 24.8 Å². The zero-order valence-electron chi connectivity index (χ0n) is 15.7. The van der Waals surface area contributed by atoms with Gasteiger partial charge in [-0.2, -0.15) is 0 Å². The molecule has 0 bridgehead atoms. The standard InChI is InChI=1S/C20H27N3O3/c1-19(2)14-20(16(26-19)12-17(24)21-3)9-5-11-23(20)18(25)8-7-15-6-4-10-22-13-15/h4,6-8,10,13,16H,5,9,11-12,14H2,1-3H3,(H,21,24)/b8-7+/t16-,20+/m0/s1. The Bertz CT molecular complexity index is 702. The highest BCUT2D eigenvalue weighted by molar-refractivity contribution is 5.92. The van der Waals surface area contributed by atoms with Crippen molar-refractivity contribution in [3.63, 3.8) is 0 Å². The summed E-state index contributed by atoms with van der Waals surface area (Å²) < 4.78 is 6.21. The second-order valence-corrected chi connectivity index (χ2v) is 7.74. The Hall–Kier alpha value is -2.21. The van der Waals surface area contributed by atoms with Crippen molar-refractivity contribution in [1.29, 1.82) is 0 Å². The van der Waals surface area contributed by atoms with E-state index in [1.54, 1.807) is 31.6 Å². The Balaban J connectivity index is 1.83. The SMILES string of the molecule is CNC(=O)C[C@@H]1OC(C)(C)C[C@]12CCCN2C(=O)/C=C/c1cccnc1. The van der Waals surface area contributed by atoms with Gasteiger partial charge in [0.05, 0.1) is 23.7 Å². The quantitative estimate of drug-likeness (QED) is 0.838. The molecule has 0 aliphatic carbocycles. The molecule has 2 fully saturated rings. The van der Waals surface area contributed by atoms with Crippen molar-refractivity contribution in [1.82, 2.24) is 15.2 Å². The first-order chi connectivity index (χ1) is 12.4. The molecule has 6 heteroatoms. The smallest absolute Gasteiger partial charge is 0.247 e. The molecule has 0 saturated carbocycles. The summed E-state index contributed by atoms with van der Waals surface area (Å²) in [6.07, 6.45) is 9.35. The third-order valence-electron chi connectivity index (χ3n) is 5.34. The van der Waals surface area contributed by atoms with Crippen LogP contribution in [0.4, 0.5) is 0 Å². The van der Waals surface area contributed by atoms with Crippen LogP contribution in [0, 0.1) is 0 Å². The summed E-state index contributed by atoms with van der Waals surface area (Å²) in [6, 6.07) is 3.75. The van der Waals surface area contributed by atoms with Gasteiger partial charge in [-0.05, 0) is 44.4 Å². The number of hydrogen-bond acceptors (Lipinski definition) is 4. The van der Waals surface area contributed by atoms with Gasteiger partial charge in [-0.3, -0.25) is 14.6 Å². The number of nitrogens with one attached hydrogen (secondary N) is 1. The second kappa shape index (κ2) is 7.19. The van der Waals surface area contributed by atoms with Gasteiger partial charge in [0.1, 0.15) is 0 Å². The minimum absolute atomic E-state index is 0.0328. The second-order valence-electron chi connectivity index (χ2n) is 7.74. The molecule has 1 aromatic heterocycles. The van der Waals surface area contributed by atoms with E-state index in [1.165, 1.54) is 0 Å². The molecule has 3 rings (SSSR count). The van der Waals surface area contributed by atoms with Crippen molar-refractivity contribution in [2.45, 2.75) is 56.8 Å². The summed E-state index contributed by atoms with van der Waals surface area (Å²) in [5.41, 5.74) is 0.125. The van der Waals surface area contributed by atoms with Gasteiger partial charge in [-0.1, -0.05) is 6.07 Å². The highest BCUT2D eigenvalue weighted by Gasteiger charge is 2.58. The predicted octanol–water partition coefficient (Wildman–Crippen LogP) is 2.16. The van der Waals surface area contributed by atoms with Crippen LogP contribution in [0.25, 0.3) is 6.08 Å². The molecule has 1 N–H and O–H groups in total. The predicted molar refractivity (Wildman–Crippen MR) is 99.2 cm³/mol. The first-order valence-electron chi connectivity index (χ1n) is 9.14. The van der Waals surface area contributed by atoms with Crippen LogP contribution < -0.4 is 5.32 Å². The molecule has 140 valence electrons. The number of hydrogen-bond donors (Lipinski definition) is 1. The molecule has 0 aromatic carbocycles. The Morgan fingerprint density at radius 3 is 2.96 bits per heavy atom. The molecule has 2 aliphatic rings. The van der Waals surface area contributed by atoms with Crippen molar-refractivity contribution < 1.29 is 14.3 Å². The summed E-state index contributed by atoms with van der Waals surface area (Å²) in [5.74, 6) is -0.0909. The van der Waals surface area contributed by atoms with Gasteiger partial charge >= 0.3 is 0 Å². The van der Waals surface area contributed by atoms with Crippen LogP contribution in [-0.2, 0) is 14.3 Å². The number of likely N-dealkylation sites (tertiary alicyclic amines) is 1. The molecule has 3 heterocycles. The fourth-order valence-electron chi connectivity index (χ4n) is 4.37. The molecule has 2 atom stereocenters. The molecule has 6 nitrogen and oxygen atoms in total. The van der Waals surface area contributed by atoms with Crippen LogP contribution in [-0.4, -0.2) is 52.5 Å². The number of amides is 2. The van der Waals surface area contributed by atoms with Gasteiger partial charge < -0.3 is 15.0 Å². The number of rotatable bonds is 4. The third kappa shape index (κ3) is 3.65. The maximum absolute atomic E-state index is 13.0. The van der Waals surface area contributed by atoms with Crippen molar-refractivity contribution in [2.75, 3.05) is 13.6 Å². The lowest BCUT2D eigenvalue weighted by atomic mass is 9.82. The number of ether oxygens (including phenoxy) is 1. The van der Waals surface area contributed by atoms with E-state index >= 15 is 0 Å². The molecule has 0 radical (unpaired) electrons. The van der Waals surface area contributed by atoms with Crippen LogP contribution in [0.1, 0.15) is 45.1 Å². The molecular formula is C20H27N3O3. The molecular weight excluding hydrogens is 330 g/mol. The fourth-order valence-corrected chi connectivity index (χ4v) is 4.37. The number of aromatic nitrogens is 1. The van der Waals surface area contributed by atoms with Gasteiger partial charge in [0, 0.05) is 38.5 Å². The maximum atomic E-state index is 13.0. The molecule has 0 unspecified atom stereocenters. The van der Waals surface area contributed by atoms with E-state index in [0.29, 0.717) is 6.54 Å². The topological polar surface area (TPSA) is 71.5 Å². The Morgan fingerprint density at radius 1 is 1.46 bits per heavy atom. The lowest BCUT2D eigenvalue weighted by molar-refractivity contribution is -0.136. The largest absolute Gasteiger partial charge is 0.369 e. The Kier molecular flexibility index (Phi) is 5.14. The lowest BCUT2D eigenvalue weighted by Crippen LogP contribution is -2.53. The van der Waals surface area contributed by atoms with Gasteiger partial charge in [-0.25, -0.2) is 0 Å². The normalized spacial score (nSPS) is 27.3. The summed E-state index contributed by atoms with van der Waals surface area (Å²) in [5, 5.41) is 2.67. The number of nitrogens with zero attached hydrogens (tertiary/aromatic N) is 2. The lowest BCUT2D eigenvalue weighted by Gasteiger charge is -2.38. The first-order valence-corrected chi connectivity index (χ1v) is 9.14. The number of pyridine rings is 1. The van der Waals surface area contributed by atoms with Crippen molar-refractivity contribution in [2.24, 2.45) is 0 Å². The Morgan fingerprint density at radius 2 is 2.27 bits per heavy atom. The molecule has 1 aromatic rings. The summed E-state index contributed by atoms with van der Waals surface area (Å²) in [4.78, 5) is 30.9. The highest BCUT2D eigenvalue weighted by atomic mass is 16.5. The van der Waals surface area contributed by atoms with E-state index < -0.39 is 5.54 Å². The molecule has 26 heavy (non-hydrogen) atoms. The highest BCUT2D eigenvalue weighted by Crippen LogP contribution is 2.48. The summed E-state index contributed by atoms with van der Waals surface area (Å²) in [6.45, 7) is 4.76. The summed E-state index contributed by atoms with van der Waals surface area (Å²) in [7, 11) is 1.63. The van der Waals surface area contributed by atoms with Gasteiger partial charge in [0.25, 0.3) is 0 Å². The Labute approximate surface area is 154 Å². The fraction of sp³-hybridized carbons (Fsp3) is 0.550. The van der Waals surface area contributed by atoms with Crippen molar-refractivity contribution >= 4 is 17.9 Å².